The van der Waals surface area contributed by atoms with Crippen molar-refractivity contribution in [1.82, 2.24) is 15.5 Å². The maximum absolute atomic E-state index is 12.2. The molecule has 2 N–H and O–H groups in total. The summed E-state index contributed by atoms with van der Waals surface area (Å²) in [4.78, 5) is 18.7. The largest absolute Gasteiger partial charge is 0.357 e. The van der Waals surface area contributed by atoms with E-state index in [9.17, 15) is 4.79 Å². The van der Waals surface area contributed by atoms with Crippen molar-refractivity contribution in [3.63, 3.8) is 0 Å². The number of halogens is 1. The molecular weight excluding hydrogens is 391 g/mol. The molecule has 0 spiro atoms. The van der Waals surface area contributed by atoms with Crippen LogP contribution in [0.2, 0.25) is 0 Å². The summed E-state index contributed by atoms with van der Waals surface area (Å²) < 4.78 is 0. The Morgan fingerprint density at radius 3 is 2.73 bits per heavy atom. The van der Waals surface area contributed by atoms with Gasteiger partial charge in [0.05, 0.1) is 6.54 Å². The molecule has 1 heterocycles. The van der Waals surface area contributed by atoms with Gasteiger partial charge in [-0.3, -0.25) is 9.79 Å². The molecule has 22 heavy (non-hydrogen) atoms. The number of rotatable bonds is 6. The van der Waals surface area contributed by atoms with Crippen LogP contribution in [0, 0.1) is 5.92 Å². The minimum Gasteiger partial charge on any atom is -0.357 e. The SMILES string of the molecule is CCNC(=NCCC(=O)N1CCCC(C)C1)NC(C)CC.I. The Labute approximate surface area is 152 Å². The third kappa shape index (κ3) is 8.19. The summed E-state index contributed by atoms with van der Waals surface area (Å²) in [5.41, 5.74) is 0. The fourth-order valence-corrected chi connectivity index (χ4v) is 2.49. The lowest BCUT2D eigenvalue weighted by atomic mass is 10.00. The van der Waals surface area contributed by atoms with Crippen LogP contribution in [0.25, 0.3) is 0 Å². The lowest BCUT2D eigenvalue weighted by Crippen LogP contribution is -2.42. The Balaban J connectivity index is 0.00000441. The van der Waals surface area contributed by atoms with Crippen LogP contribution in [0.15, 0.2) is 4.99 Å². The minimum atomic E-state index is 0. The fourth-order valence-electron chi connectivity index (χ4n) is 2.49. The summed E-state index contributed by atoms with van der Waals surface area (Å²) in [6, 6.07) is 0.390. The Bertz CT molecular complexity index is 349. The van der Waals surface area contributed by atoms with Crippen LogP contribution < -0.4 is 10.6 Å². The van der Waals surface area contributed by atoms with Gasteiger partial charge in [0.2, 0.25) is 5.91 Å². The molecule has 1 aliphatic heterocycles. The fraction of sp³-hybridized carbons (Fsp3) is 0.875. The van der Waals surface area contributed by atoms with Crippen LogP contribution in [0.5, 0.6) is 0 Å². The first kappa shape index (κ1) is 21.5. The molecule has 130 valence electrons. The van der Waals surface area contributed by atoms with Crippen LogP contribution in [-0.2, 0) is 4.79 Å². The minimum absolute atomic E-state index is 0. The molecule has 0 radical (unpaired) electrons. The third-order valence-electron chi connectivity index (χ3n) is 3.95. The van der Waals surface area contributed by atoms with Gasteiger partial charge in [-0.25, -0.2) is 0 Å². The Kier molecular flexibility index (Phi) is 11.7. The Morgan fingerprint density at radius 2 is 2.14 bits per heavy atom. The summed E-state index contributed by atoms with van der Waals surface area (Å²) in [7, 11) is 0. The molecule has 5 nitrogen and oxygen atoms in total. The first-order valence-corrected chi connectivity index (χ1v) is 8.39. The summed E-state index contributed by atoms with van der Waals surface area (Å²) in [6.07, 6.45) is 3.93. The first-order chi connectivity index (χ1) is 10.1. The molecule has 0 aromatic carbocycles. The molecule has 0 aromatic heterocycles. The highest BCUT2D eigenvalue weighted by molar-refractivity contribution is 14.0. The summed E-state index contributed by atoms with van der Waals surface area (Å²) in [5, 5.41) is 6.56. The van der Waals surface area contributed by atoms with Gasteiger partial charge in [-0.1, -0.05) is 13.8 Å². The normalized spacial score (nSPS) is 20.1. The lowest BCUT2D eigenvalue weighted by molar-refractivity contribution is -0.132. The highest BCUT2D eigenvalue weighted by Crippen LogP contribution is 2.15. The smallest absolute Gasteiger partial charge is 0.224 e. The van der Waals surface area contributed by atoms with E-state index in [1.807, 2.05) is 11.8 Å². The quantitative estimate of drug-likeness (QED) is 0.392. The van der Waals surface area contributed by atoms with Crippen LogP contribution in [0.4, 0.5) is 0 Å². The molecule has 1 saturated heterocycles. The van der Waals surface area contributed by atoms with E-state index in [2.05, 4.69) is 36.4 Å². The molecule has 2 unspecified atom stereocenters. The number of nitrogens with zero attached hydrogens (tertiary/aromatic N) is 2. The number of piperidine rings is 1. The number of carbonyl (C=O) groups is 1. The molecule has 0 saturated carbocycles. The van der Waals surface area contributed by atoms with E-state index in [1.54, 1.807) is 0 Å². The predicted octanol–water partition coefficient (Wildman–Crippen LogP) is 2.61. The molecule has 6 heteroatoms. The van der Waals surface area contributed by atoms with Crippen molar-refractivity contribution in [2.75, 3.05) is 26.2 Å². The zero-order valence-electron chi connectivity index (χ0n) is 14.5. The molecule has 0 bridgehead atoms. The Morgan fingerprint density at radius 1 is 1.41 bits per heavy atom. The number of hydrogen-bond donors (Lipinski definition) is 2. The van der Waals surface area contributed by atoms with Crippen molar-refractivity contribution >= 4 is 35.8 Å². The molecule has 1 aliphatic rings. The lowest BCUT2D eigenvalue weighted by Gasteiger charge is -2.30. The van der Waals surface area contributed by atoms with E-state index in [-0.39, 0.29) is 29.9 Å². The third-order valence-corrected chi connectivity index (χ3v) is 3.95. The number of hydrogen-bond acceptors (Lipinski definition) is 2. The predicted molar refractivity (Wildman–Crippen MR) is 104 cm³/mol. The van der Waals surface area contributed by atoms with E-state index in [0.717, 1.165) is 38.4 Å². The van der Waals surface area contributed by atoms with E-state index >= 15 is 0 Å². The van der Waals surface area contributed by atoms with Gasteiger partial charge < -0.3 is 15.5 Å². The summed E-state index contributed by atoms with van der Waals surface area (Å²) in [6.45, 7) is 11.8. The molecule has 1 fully saturated rings. The van der Waals surface area contributed by atoms with Crippen LogP contribution in [0.3, 0.4) is 0 Å². The first-order valence-electron chi connectivity index (χ1n) is 8.39. The van der Waals surface area contributed by atoms with Crippen LogP contribution >= 0.6 is 24.0 Å². The number of likely N-dealkylation sites (tertiary alicyclic amines) is 1. The number of nitrogens with one attached hydrogen (secondary N) is 2. The highest BCUT2D eigenvalue weighted by Gasteiger charge is 2.20. The van der Waals surface area contributed by atoms with Gasteiger partial charge in [0.15, 0.2) is 5.96 Å². The van der Waals surface area contributed by atoms with Gasteiger partial charge in [0, 0.05) is 32.1 Å². The van der Waals surface area contributed by atoms with Crippen molar-refractivity contribution < 1.29 is 4.79 Å². The summed E-state index contributed by atoms with van der Waals surface area (Å²) >= 11 is 0. The number of carbonyl (C=O) groups excluding carboxylic acids is 1. The molecule has 1 amide bonds. The van der Waals surface area contributed by atoms with Crippen molar-refractivity contribution in [3.8, 4) is 0 Å². The van der Waals surface area contributed by atoms with E-state index in [1.165, 1.54) is 6.42 Å². The zero-order chi connectivity index (χ0) is 15.7. The van der Waals surface area contributed by atoms with E-state index < -0.39 is 0 Å². The maximum atomic E-state index is 12.2. The van der Waals surface area contributed by atoms with Crippen molar-refractivity contribution in [2.45, 2.75) is 59.4 Å². The average Bonchev–Trinajstić information content (AvgIpc) is 2.47. The van der Waals surface area contributed by atoms with Gasteiger partial charge in [0.1, 0.15) is 0 Å². The Hall–Kier alpha value is -0.530. The van der Waals surface area contributed by atoms with Crippen LogP contribution in [0.1, 0.15) is 53.4 Å². The molecule has 2 atom stereocenters. The van der Waals surface area contributed by atoms with Crippen molar-refractivity contribution in [3.05, 3.63) is 0 Å². The zero-order valence-corrected chi connectivity index (χ0v) is 16.9. The highest BCUT2D eigenvalue weighted by atomic mass is 127. The van der Waals surface area contributed by atoms with Gasteiger partial charge in [-0.2, -0.15) is 0 Å². The standard InChI is InChI=1S/C16H32N4O.HI/c1-5-14(4)19-16(17-6-2)18-10-9-15(21)20-11-7-8-13(3)12-20;/h13-14H,5-12H2,1-4H3,(H2,17,18,19);1H. The second-order valence-corrected chi connectivity index (χ2v) is 6.05. The molecule has 1 rings (SSSR count). The summed E-state index contributed by atoms with van der Waals surface area (Å²) in [5.74, 6) is 1.69. The van der Waals surface area contributed by atoms with Gasteiger partial charge >= 0.3 is 0 Å². The van der Waals surface area contributed by atoms with E-state index in [4.69, 9.17) is 0 Å². The van der Waals surface area contributed by atoms with Gasteiger partial charge in [0.25, 0.3) is 0 Å². The number of amides is 1. The van der Waals surface area contributed by atoms with Crippen molar-refractivity contribution in [1.29, 1.82) is 0 Å². The van der Waals surface area contributed by atoms with Gasteiger partial charge in [-0.15, -0.1) is 24.0 Å². The van der Waals surface area contributed by atoms with Crippen LogP contribution in [-0.4, -0.2) is 49.0 Å². The van der Waals surface area contributed by atoms with Crippen molar-refractivity contribution in [2.24, 2.45) is 10.9 Å². The second kappa shape index (κ2) is 12.0. The molecular formula is C16H33IN4O. The monoisotopic (exact) mass is 424 g/mol. The maximum Gasteiger partial charge on any atom is 0.224 e. The topological polar surface area (TPSA) is 56.7 Å². The second-order valence-electron chi connectivity index (χ2n) is 6.05. The average molecular weight is 424 g/mol. The van der Waals surface area contributed by atoms with E-state index in [0.29, 0.717) is 24.9 Å². The van der Waals surface area contributed by atoms with Gasteiger partial charge in [-0.05, 0) is 39.0 Å². The number of guanidine groups is 1. The molecule has 0 aromatic rings. The number of aliphatic imine (C=N–C) groups is 1. The molecule has 0 aliphatic carbocycles.